The van der Waals surface area contributed by atoms with Gasteiger partial charge in [-0.25, -0.2) is 9.97 Å². The maximum Gasteiger partial charge on any atom is 0.302 e. The molecule has 76 valence electrons. The second-order valence-corrected chi connectivity index (χ2v) is 4.10. The van der Waals surface area contributed by atoms with Gasteiger partial charge in [-0.3, -0.25) is 0 Å². The molecular weight excluding hydrogens is 198 g/mol. The molecule has 3 heteroatoms. The molecule has 1 aliphatic carbocycles. The van der Waals surface area contributed by atoms with E-state index in [1.807, 2.05) is 12.4 Å². The highest BCUT2D eigenvalue weighted by molar-refractivity contribution is 5.71. The molecule has 0 radical (unpaired) electrons. The molecule has 0 aliphatic heterocycles. The molecule has 2 aromatic heterocycles. The van der Waals surface area contributed by atoms with Crippen LogP contribution in [0, 0.1) is 0 Å². The second kappa shape index (κ2) is 2.70. The van der Waals surface area contributed by atoms with Crippen molar-refractivity contribution in [3.8, 4) is 11.3 Å². The number of hydrogen-bond acceptors (Lipinski definition) is 1. The first-order valence-corrected chi connectivity index (χ1v) is 5.38. The minimum atomic E-state index is 0.971. The molecule has 0 bridgehead atoms. The molecule has 0 atom stereocenters. The van der Waals surface area contributed by atoms with Crippen LogP contribution in [-0.4, -0.2) is 9.97 Å². The Morgan fingerprint density at radius 2 is 2.19 bits per heavy atom. The van der Waals surface area contributed by atoms with Gasteiger partial charge < -0.3 is 0 Å². The van der Waals surface area contributed by atoms with Crippen LogP contribution in [-0.2, 0) is 6.42 Å². The van der Waals surface area contributed by atoms with Crippen molar-refractivity contribution in [3.63, 3.8) is 0 Å². The van der Waals surface area contributed by atoms with Crippen molar-refractivity contribution in [1.29, 1.82) is 0 Å². The van der Waals surface area contributed by atoms with E-state index >= 15 is 0 Å². The Morgan fingerprint density at radius 1 is 1.25 bits per heavy atom. The van der Waals surface area contributed by atoms with E-state index in [2.05, 4.69) is 44.8 Å². The Bertz CT molecular complexity index is 697. The van der Waals surface area contributed by atoms with Crippen molar-refractivity contribution in [2.24, 2.45) is 0 Å². The van der Waals surface area contributed by atoms with Gasteiger partial charge in [-0.1, -0.05) is 24.3 Å². The molecular formula is C13H10N3+. The first-order chi connectivity index (χ1) is 7.93. The van der Waals surface area contributed by atoms with Crippen LogP contribution in [0.15, 0.2) is 42.9 Å². The van der Waals surface area contributed by atoms with Crippen molar-refractivity contribution in [3.05, 3.63) is 54.1 Å². The molecule has 1 aromatic carbocycles. The highest BCUT2D eigenvalue weighted by Gasteiger charge is 2.25. The van der Waals surface area contributed by atoms with Gasteiger partial charge in [-0.15, -0.1) is 0 Å². The largest absolute Gasteiger partial charge is 0.302 e. The quantitative estimate of drug-likeness (QED) is 0.438. The topological polar surface area (TPSA) is 32.8 Å². The highest BCUT2D eigenvalue weighted by atomic mass is 15.0. The zero-order chi connectivity index (χ0) is 10.5. The maximum absolute atomic E-state index is 4.55. The second-order valence-electron chi connectivity index (χ2n) is 4.10. The number of H-pyrrole nitrogens is 1. The summed E-state index contributed by atoms with van der Waals surface area (Å²) < 4.78 is 2.18. The standard InChI is InChI=1S/C13H9N3/c1-2-4-10-9(3-1)7-11-13(10)15-8-12-14-5-6-16(11)12/h1-6,8H,7H2/p+1. The monoisotopic (exact) mass is 208 g/mol. The van der Waals surface area contributed by atoms with Gasteiger partial charge in [0.2, 0.25) is 0 Å². The van der Waals surface area contributed by atoms with Crippen LogP contribution < -0.4 is 4.40 Å². The zero-order valence-electron chi connectivity index (χ0n) is 8.64. The first kappa shape index (κ1) is 8.05. The van der Waals surface area contributed by atoms with E-state index in [4.69, 9.17) is 0 Å². The predicted molar refractivity (Wildman–Crippen MR) is 60.0 cm³/mol. The summed E-state index contributed by atoms with van der Waals surface area (Å²) in [4.78, 5) is 7.73. The third kappa shape index (κ3) is 0.877. The molecule has 0 fully saturated rings. The van der Waals surface area contributed by atoms with Gasteiger partial charge >= 0.3 is 5.65 Å². The van der Waals surface area contributed by atoms with Crippen LogP contribution >= 0.6 is 0 Å². The minimum absolute atomic E-state index is 0.971. The van der Waals surface area contributed by atoms with Crippen molar-refractivity contribution in [2.75, 3.05) is 0 Å². The van der Waals surface area contributed by atoms with Crippen LogP contribution in [0.25, 0.3) is 16.9 Å². The van der Waals surface area contributed by atoms with Gasteiger partial charge in [0.05, 0.1) is 0 Å². The molecule has 1 aliphatic rings. The summed E-state index contributed by atoms with van der Waals surface area (Å²) >= 11 is 0. The van der Waals surface area contributed by atoms with Crippen LogP contribution in [0.2, 0.25) is 0 Å². The average molecular weight is 208 g/mol. The molecule has 4 rings (SSSR count). The number of nitrogens with zero attached hydrogens (tertiary/aromatic N) is 2. The number of nitrogens with one attached hydrogen (secondary N) is 1. The lowest BCUT2D eigenvalue weighted by atomic mass is 10.1. The molecule has 3 aromatic rings. The van der Waals surface area contributed by atoms with Crippen LogP contribution in [0.3, 0.4) is 0 Å². The van der Waals surface area contributed by atoms with E-state index in [0.29, 0.717) is 0 Å². The van der Waals surface area contributed by atoms with E-state index in [-0.39, 0.29) is 0 Å². The Hall–Kier alpha value is -2.16. The van der Waals surface area contributed by atoms with Gasteiger partial charge in [0.15, 0.2) is 0 Å². The van der Waals surface area contributed by atoms with Crippen LogP contribution in [0.5, 0.6) is 0 Å². The lowest BCUT2D eigenvalue weighted by molar-refractivity contribution is -0.518. The van der Waals surface area contributed by atoms with Crippen molar-refractivity contribution < 1.29 is 4.40 Å². The van der Waals surface area contributed by atoms with Gasteiger partial charge in [-0.2, -0.15) is 4.40 Å². The number of rotatable bonds is 0. The van der Waals surface area contributed by atoms with Gasteiger partial charge in [0, 0.05) is 12.0 Å². The summed E-state index contributed by atoms with van der Waals surface area (Å²) in [6, 6.07) is 8.48. The summed E-state index contributed by atoms with van der Waals surface area (Å²) in [7, 11) is 0. The third-order valence-corrected chi connectivity index (χ3v) is 3.22. The number of fused-ring (bicyclic) bond motifs is 5. The smallest absolute Gasteiger partial charge is 0.244 e. The normalized spacial score (nSPS) is 12.8. The molecule has 2 heterocycles. The van der Waals surface area contributed by atoms with Crippen molar-refractivity contribution in [2.45, 2.75) is 6.42 Å². The number of aromatic amines is 1. The predicted octanol–water partition coefficient (Wildman–Crippen LogP) is 1.72. The third-order valence-electron chi connectivity index (χ3n) is 3.22. The summed E-state index contributed by atoms with van der Waals surface area (Å²) in [6.07, 6.45) is 6.86. The zero-order valence-corrected chi connectivity index (χ0v) is 8.64. The Balaban J connectivity index is 2.13. The van der Waals surface area contributed by atoms with E-state index in [0.717, 1.165) is 17.8 Å². The summed E-state index contributed by atoms with van der Waals surface area (Å²) in [5.74, 6) is 0. The molecule has 3 nitrogen and oxygen atoms in total. The van der Waals surface area contributed by atoms with Gasteiger partial charge in [0.1, 0.15) is 30.0 Å². The maximum atomic E-state index is 4.55. The van der Waals surface area contributed by atoms with Gasteiger partial charge in [0.25, 0.3) is 0 Å². The van der Waals surface area contributed by atoms with Crippen molar-refractivity contribution >= 4 is 5.65 Å². The number of hydrogen-bond donors (Lipinski definition) is 1. The molecule has 1 N–H and O–H groups in total. The fourth-order valence-electron chi connectivity index (χ4n) is 2.48. The summed E-state index contributed by atoms with van der Waals surface area (Å²) in [5.41, 5.74) is 6.08. The van der Waals surface area contributed by atoms with E-state index in [1.165, 1.54) is 16.8 Å². The average Bonchev–Trinajstić information content (AvgIpc) is 2.92. The highest BCUT2D eigenvalue weighted by Crippen LogP contribution is 2.32. The minimum Gasteiger partial charge on any atom is -0.244 e. The van der Waals surface area contributed by atoms with E-state index in [9.17, 15) is 0 Å². The fraction of sp³-hybridized carbons (Fsp3) is 0.0769. The SMILES string of the molecule is c1ccc2c(c1)Cc1c-2ncc2[nH]cc[n+]12. The number of aromatic nitrogens is 3. The van der Waals surface area contributed by atoms with Crippen LogP contribution in [0.1, 0.15) is 11.3 Å². The van der Waals surface area contributed by atoms with Crippen molar-refractivity contribution in [1.82, 2.24) is 9.97 Å². The fourth-order valence-corrected chi connectivity index (χ4v) is 2.48. The van der Waals surface area contributed by atoms with E-state index < -0.39 is 0 Å². The summed E-state index contributed by atoms with van der Waals surface area (Å²) in [5, 5.41) is 0. The lowest BCUT2D eigenvalue weighted by Crippen LogP contribution is -2.25. The number of imidazole rings is 1. The molecule has 16 heavy (non-hydrogen) atoms. The molecule has 0 saturated heterocycles. The van der Waals surface area contributed by atoms with E-state index in [1.54, 1.807) is 0 Å². The first-order valence-electron chi connectivity index (χ1n) is 5.38. The number of benzene rings is 1. The molecule has 0 amide bonds. The Kier molecular flexibility index (Phi) is 1.36. The molecule has 0 unspecified atom stereocenters. The molecule has 0 saturated carbocycles. The molecule has 0 spiro atoms. The Labute approximate surface area is 92.4 Å². The lowest BCUT2D eigenvalue weighted by Gasteiger charge is -1.96. The Morgan fingerprint density at radius 3 is 3.19 bits per heavy atom. The van der Waals surface area contributed by atoms with Crippen LogP contribution in [0.4, 0.5) is 0 Å². The summed E-state index contributed by atoms with van der Waals surface area (Å²) in [6.45, 7) is 0. The van der Waals surface area contributed by atoms with Gasteiger partial charge in [-0.05, 0) is 5.56 Å².